The van der Waals surface area contributed by atoms with Crippen LogP contribution in [-0.4, -0.2) is 51.4 Å². The molecule has 2 atom stereocenters. The molecule has 0 aromatic heterocycles. The van der Waals surface area contributed by atoms with Crippen molar-refractivity contribution in [3.8, 4) is 0 Å². The minimum Gasteiger partial charge on any atom is -0.317 e. The second-order valence-electron chi connectivity index (χ2n) is 5.49. The lowest BCUT2D eigenvalue weighted by Crippen LogP contribution is -2.35. The van der Waals surface area contributed by atoms with E-state index in [1.54, 1.807) is 0 Å². The molecule has 1 aliphatic rings. The summed E-state index contributed by atoms with van der Waals surface area (Å²) in [5, 5.41) is 14.2. The van der Waals surface area contributed by atoms with E-state index in [2.05, 4.69) is 35.1 Å². The smallest absolute Gasteiger partial charge is 0.00508 e. The molecule has 0 bridgehead atoms. The molecule has 1 saturated heterocycles. The fourth-order valence-electron chi connectivity index (χ4n) is 2.21. The third kappa shape index (κ3) is 8.86. The first-order chi connectivity index (χ1) is 8.79. The Morgan fingerprint density at radius 1 is 0.611 bits per heavy atom. The van der Waals surface area contributed by atoms with E-state index < -0.39 is 0 Å². The molecule has 18 heavy (non-hydrogen) atoms. The molecule has 1 fully saturated rings. The topological polar surface area (TPSA) is 48.1 Å². The summed E-state index contributed by atoms with van der Waals surface area (Å²) in [6.45, 7) is 11.3. The predicted octanol–water partition coefficient (Wildman–Crippen LogP) is 0.696. The summed E-state index contributed by atoms with van der Waals surface area (Å²) in [4.78, 5) is 0. The summed E-state index contributed by atoms with van der Waals surface area (Å²) in [5.41, 5.74) is 0. The minimum absolute atomic E-state index is 0.628. The average Bonchev–Trinajstić information content (AvgIpc) is 2.35. The van der Waals surface area contributed by atoms with Crippen molar-refractivity contribution >= 4 is 0 Å². The van der Waals surface area contributed by atoms with E-state index in [1.807, 2.05) is 0 Å². The number of nitrogens with one attached hydrogen (secondary N) is 4. The molecule has 1 rings (SSSR count). The molecule has 1 heterocycles. The van der Waals surface area contributed by atoms with E-state index in [1.165, 1.54) is 25.7 Å². The third-order valence-corrected chi connectivity index (χ3v) is 3.55. The summed E-state index contributed by atoms with van der Waals surface area (Å²) >= 11 is 0. The van der Waals surface area contributed by atoms with E-state index in [-0.39, 0.29) is 0 Å². The van der Waals surface area contributed by atoms with Gasteiger partial charge in [-0.1, -0.05) is 0 Å². The van der Waals surface area contributed by atoms with Crippen molar-refractivity contribution < 1.29 is 0 Å². The molecule has 108 valence electrons. The lowest BCUT2D eigenvalue weighted by atomic mass is 10.2. The molecule has 0 amide bonds. The Kier molecular flexibility index (Phi) is 9.48. The van der Waals surface area contributed by atoms with Gasteiger partial charge in [-0.2, -0.15) is 0 Å². The Hall–Kier alpha value is -0.160. The largest absolute Gasteiger partial charge is 0.317 e. The van der Waals surface area contributed by atoms with Gasteiger partial charge in [-0.05, 0) is 78.8 Å². The van der Waals surface area contributed by atoms with Gasteiger partial charge in [-0.3, -0.25) is 0 Å². The second-order valence-corrected chi connectivity index (χ2v) is 5.49. The molecule has 1 aliphatic heterocycles. The van der Waals surface area contributed by atoms with Gasteiger partial charge >= 0.3 is 0 Å². The Morgan fingerprint density at radius 2 is 1.06 bits per heavy atom. The van der Waals surface area contributed by atoms with Crippen LogP contribution in [0.4, 0.5) is 0 Å². The summed E-state index contributed by atoms with van der Waals surface area (Å²) < 4.78 is 0. The van der Waals surface area contributed by atoms with Crippen LogP contribution in [-0.2, 0) is 0 Å². The van der Waals surface area contributed by atoms with Gasteiger partial charge in [0, 0.05) is 12.1 Å². The number of hydrogen-bond donors (Lipinski definition) is 4. The summed E-state index contributed by atoms with van der Waals surface area (Å²) in [5.74, 6) is 0. The van der Waals surface area contributed by atoms with E-state index in [0.717, 1.165) is 39.3 Å². The molecule has 4 heteroatoms. The Balaban J connectivity index is 2.17. The number of hydrogen-bond acceptors (Lipinski definition) is 4. The van der Waals surface area contributed by atoms with Gasteiger partial charge in [0.15, 0.2) is 0 Å². The highest BCUT2D eigenvalue weighted by Gasteiger charge is 2.03. The first kappa shape index (κ1) is 15.9. The van der Waals surface area contributed by atoms with Gasteiger partial charge in [-0.15, -0.1) is 0 Å². The van der Waals surface area contributed by atoms with Gasteiger partial charge in [0.2, 0.25) is 0 Å². The molecule has 0 aromatic rings. The van der Waals surface area contributed by atoms with Gasteiger partial charge < -0.3 is 21.3 Å². The van der Waals surface area contributed by atoms with Crippen molar-refractivity contribution in [1.29, 1.82) is 0 Å². The van der Waals surface area contributed by atoms with Crippen LogP contribution >= 0.6 is 0 Å². The average molecular weight is 256 g/mol. The van der Waals surface area contributed by atoms with E-state index in [0.29, 0.717) is 12.1 Å². The monoisotopic (exact) mass is 256 g/mol. The summed E-state index contributed by atoms with van der Waals surface area (Å²) in [7, 11) is 0. The molecule has 4 nitrogen and oxygen atoms in total. The third-order valence-electron chi connectivity index (χ3n) is 3.55. The van der Waals surface area contributed by atoms with E-state index in [9.17, 15) is 0 Å². The molecule has 0 spiro atoms. The highest BCUT2D eigenvalue weighted by atomic mass is 15.0. The lowest BCUT2D eigenvalue weighted by Gasteiger charge is -2.17. The lowest BCUT2D eigenvalue weighted by molar-refractivity contribution is 0.449. The zero-order valence-electron chi connectivity index (χ0n) is 12.2. The normalized spacial score (nSPS) is 31.0. The van der Waals surface area contributed by atoms with Crippen LogP contribution in [0.15, 0.2) is 0 Å². The highest BCUT2D eigenvalue weighted by molar-refractivity contribution is 4.66. The predicted molar refractivity (Wildman–Crippen MR) is 79.1 cm³/mol. The van der Waals surface area contributed by atoms with Crippen molar-refractivity contribution in [1.82, 2.24) is 21.3 Å². The van der Waals surface area contributed by atoms with Crippen molar-refractivity contribution in [3.05, 3.63) is 0 Å². The second kappa shape index (κ2) is 10.7. The number of rotatable bonds is 0. The molecule has 0 radical (unpaired) electrons. The molecule has 0 saturated carbocycles. The van der Waals surface area contributed by atoms with Gasteiger partial charge in [-0.25, -0.2) is 0 Å². The molecule has 2 unspecified atom stereocenters. The van der Waals surface area contributed by atoms with Gasteiger partial charge in [0.05, 0.1) is 0 Å². The maximum atomic E-state index is 3.58. The standard InChI is InChI=1S/C14H32N4/c1-13-5-11-15-8-4-10-18-14(2)6-12-16-7-3-9-17-13/h13-18H,3-12H2,1-2H3. The van der Waals surface area contributed by atoms with Gasteiger partial charge in [0.25, 0.3) is 0 Å². The molecular formula is C14H32N4. The maximum Gasteiger partial charge on any atom is 0.00508 e. The van der Waals surface area contributed by atoms with Crippen molar-refractivity contribution in [3.63, 3.8) is 0 Å². The van der Waals surface area contributed by atoms with E-state index >= 15 is 0 Å². The quantitative estimate of drug-likeness (QED) is 0.515. The molecular weight excluding hydrogens is 224 g/mol. The highest BCUT2D eigenvalue weighted by Crippen LogP contribution is 1.92. The van der Waals surface area contributed by atoms with Crippen LogP contribution in [0.1, 0.15) is 39.5 Å². The van der Waals surface area contributed by atoms with Crippen LogP contribution in [0.5, 0.6) is 0 Å². The first-order valence-electron chi connectivity index (χ1n) is 7.67. The Labute approximate surface area is 113 Å². The van der Waals surface area contributed by atoms with Crippen LogP contribution in [0.25, 0.3) is 0 Å². The SMILES string of the molecule is CC1CCNCCCNC(C)CCNCCCN1. The fraction of sp³-hybridized carbons (Fsp3) is 1.00. The molecule has 0 aliphatic carbocycles. The van der Waals surface area contributed by atoms with Crippen molar-refractivity contribution in [2.24, 2.45) is 0 Å². The fourth-order valence-corrected chi connectivity index (χ4v) is 2.21. The summed E-state index contributed by atoms with van der Waals surface area (Å²) in [6.07, 6.45) is 4.88. The van der Waals surface area contributed by atoms with Crippen LogP contribution in [0.3, 0.4) is 0 Å². The molecule has 0 aromatic carbocycles. The minimum atomic E-state index is 0.628. The van der Waals surface area contributed by atoms with Crippen molar-refractivity contribution in [2.75, 3.05) is 39.3 Å². The first-order valence-corrected chi connectivity index (χ1v) is 7.67. The maximum absolute atomic E-state index is 3.58. The zero-order chi connectivity index (χ0) is 13.1. The molecule has 4 N–H and O–H groups in total. The Morgan fingerprint density at radius 3 is 1.50 bits per heavy atom. The summed E-state index contributed by atoms with van der Waals surface area (Å²) in [6, 6.07) is 1.26. The Bertz CT molecular complexity index is 151. The van der Waals surface area contributed by atoms with Crippen molar-refractivity contribution in [2.45, 2.75) is 51.6 Å². The van der Waals surface area contributed by atoms with Crippen LogP contribution < -0.4 is 21.3 Å². The van der Waals surface area contributed by atoms with Gasteiger partial charge in [0.1, 0.15) is 0 Å². The van der Waals surface area contributed by atoms with Crippen LogP contribution in [0, 0.1) is 0 Å². The van der Waals surface area contributed by atoms with E-state index in [4.69, 9.17) is 0 Å². The zero-order valence-corrected chi connectivity index (χ0v) is 12.2. The van der Waals surface area contributed by atoms with Crippen LogP contribution in [0.2, 0.25) is 0 Å².